The van der Waals surface area contributed by atoms with Gasteiger partial charge in [0.15, 0.2) is 5.75 Å². The van der Waals surface area contributed by atoms with Gasteiger partial charge in [-0.05, 0) is 35.7 Å². The average molecular weight is 372 g/mol. The molecule has 0 aliphatic carbocycles. The highest BCUT2D eigenvalue weighted by Gasteiger charge is 2.13. The van der Waals surface area contributed by atoms with Crippen LogP contribution in [0, 0.1) is 0 Å². The highest BCUT2D eigenvalue weighted by atomic mass is 32.1. The Morgan fingerprint density at radius 2 is 1.41 bits per heavy atom. The summed E-state index contributed by atoms with van der Waals surface area (Å²) in [5.74, 6) is 0.186. The molecule has 0 aliphatic heterocycles. The van der Waals surface area contributed by atoms with E-state index >= 15 is 0 Å². The summed E-state index contributed by atoms with van der Waals surface area (Å²) < 4.78 is 5.28. The van der Waals surface area contributed by atoms with E-state index in [1.807, 2.05) is 72.1 Å². The number of carbonyl (C=O) groups is 1. The van der Waals surface area contributed by atoms with Gasteiger partial charge in [0.25, 0.3) is 0 Å². The lowest BCUT2D eigenvalue weighted by molar-refractivity contribution is -0.131. The van der Waals surface area contributed by atoms with E-state index in [2.05, 4.69) is 0 Å². The third kappa shape index (κ3) is 3.78. The molecular weight excluding hydrogens is 356 g/mol. The number of hydrogen-bond acceptors (Lipinski definition) is 5. The third-order valence-corrected chi connectivity index (χ3v) is 4.86. The quantitative estimate of drug-likeness (QED) is 0.446. The first kappa shape index (κ1) is 17.1. The van der Waals surface area contributed by atoms with Crippen LogP contribution >= 0.6 is 11.3 Å². The van der Waals surface area contributed by atoms with Crippen LogP contribution in [-0.4, -0.2) is 15.9 Å². The molecule has 0 atom stereocenters. The van der Waals surface area contributed by atoms with Crippen LogP contribution in [-0.2, 0) is 4.79 Å². The van der Waals surface area contributed by atoms with Crippen molar-refractivity contribution in [1.82, 2.24) is 9.97 Å². The molecule has 0 saturated carbocycles. The zero-order valence-corrected chi connectivity index (χ0v) is 15.4. The molecule has 4 nitrogen and oxygen atoms in total. The number of rotatable bonds is 4. The van der Waals surface area contributed by atoms with Crippen molar-refractivity contribution in [2.45, 2.75) is 6.92 Å². The van der Waals surface area contributed by atoms with E-state index in [-0.39, 0.29) is 5.97 Å². The van der Waals surface area contributed by atoms with Gasteiger partial charge in [-0.15, -0.1) is 11.3 Å². The molecule has 0 amide bonds. The van der Waals surface area contributed by atoms with Crippen molar-refractivity contribution in [2.24, 2.45) is 0 Å². The molecule has 0 bridgehead atoms. The van der Waals surface area contributed by atoms with Gasteiger partial charge in [0.2, 0.25) is 0 Å². The zero-order chi connectivity index (χ0) is 18.6. The monoisotopic (exact) mass is 372 g/mol. The molecule has 0 saturated heterocycles. The molecule has 1 aromatic carbocycles. The Balaban J connectivity index is 1.72. The maximum Gasteiger partial charge on any atom is 0.308 e. The summed E-state index contributed by atoms with van der Waals surface area (Å²) in [5.41, 5.74) is 4.28. The fourth-order valence-electron chi connectivity index (χ4n) is 2.77. The number of nitrogens with zero attached hydrogens (tertiary/aromatic N) is 2. The second kappa shape index (κ2) is 7.51. The Hall–Kier alpha value is -3.31. The molecule has 4 rings (SSSR count). The smallest absolute Gasteiger partial charge is 0.308 e. The summed E-state index contributed by atoms with van der Waals surface area (Å²) in [7, 11) is 0. The first-order valence-electron chi connectivity index (χ1n) is 8.47. The number of benzene rings is 1. The first-order chi connectivity index (χ1) is 13.2. The van der Waals surface area contributed by atoms with Crippen LogP contribution in [0.4, 0.5) is 0 Å². The number of hydrogen-bond donors (Lipinski definition) is 0. The minimum atomic E-state index is -0.344. The van der Waals surface area contributed by atoms with Gasteiger partial charge in [0.1, 0.15) is 0 Å². The highest BCUT2D eigenvalue weighted by molar-refractivity contribution is 7.14. The molecule has 0 aliphatic rings. The summed E-state index contributed by atoms with van der Waals surface area (Å²) >= 11 is 1.49. The summed E-state index contributed by atoms with van der Waals surface area (Å²) in [6.07, 6.45) is 0. The fraction of sp³-hybridized carbons (Fsp3) is 0.0455. The van der Waals surface area contributed by atoms with Crippen LogP contribution in [0.3, 0.4) is 0 Å². The van der Waals surface area contributed by atoms with Crippen LogP contribution < -0.4 is 4.74 Å². The van der Waals surface area contributed by atoms with Gasteiger partial charge < -0.3 is 4.74 Å². The Labute approximate surface area is 161 Å². The second-order valence-corrected chi connectivity index (χ2v) is 6.81. The minimum Gasteiger partial charge on any atom is -0.425 e. The van der Waals surface area contributed by atoms with Gasteiger partial charge in [-0.25, -0.2) is 9.97 Å². The van der Waals surface area contributed by atoms with Crippen molar-refractivity contribution < 1.29 is 9.53 Å². The molecule has 5 heteroatoms. The van der Waals surface area contributed by atoms with Crippen molar-refractivity contribution in [3.63, 3.8) is 0 Å². The summed E-state index contributed by atoms with van der Waals surface area (Å²) in [5, 5.41) is 1.89. The zero-order valence-electron chi connectivity index (χ0n) is 14.6. The van der Waals surface area contributed by atoms with Crippen molar-refractivity contribution in [2.75, 3.05) is 0 Å². The normalized spacial score (nSPS) is 10.6. The van der Waals surface area contributed by atoms with Gasteiger partial charge in [-0.3, -0.25) is 4.79 Å². The van der Waals surface area contributed by atoms with Crippen LogP contribution in [0.1, 0.15) is 6.92 Å². The van der Waals surface area contributed by atoms with Crippen molar-refractivity contribution >= 4 is 17.3 Å². The van der Waals surface area contributed by atoms with E-state index in [0.717, 1.165) is 33.2 Å². The summed E-state index contributed by atoms with van der Waals surface area (Å²) in [6.45, 7) is 1.39. The van der Waals surface area contributed by atoms with Gasteiger partial charge in [-0.1, -0.05) is 42.5 Å². The van der Waals surface area contributed by atoms with E-state index in [1.54, 1.807) is 6.07 Å². The number of aromatic nitrogens is 2. The predicted molar refractivity (Wildman–Crippen MR) is 108 cm³/mol. The topological polar surface area (TPSA) is 52.1 Å². The molecule has 3 aromatic heterocycles. The van der Waals surface area contributed by atoms with Crippen molar-refractivity contribution in [3.8, 4) is 39.0 Å². The standard InChI is InChI=1S/C22H16N2O2S/c1-15(25)26-21-13-14-27-22(21)20-12-6-11-19(24-20)18-10-5-9-17(23-18)16-7-3-2-4-8-16/h2-14H,1H3. The molecular formula is C22H16N2O2S. The van der Waals surface area contributed by atoms with E-state index in [1.165, 1.54) is 18.3 Å². The van der Waals surface area contributed by atoms with E-state index in [4.69, 9.17) is 14.7 Å². The fourth-order valence-corrected chi connectivity index (χ4v) is 3.56. The Morgan fingerprint density at radius 1 is 0.778 bits per heavy atom. The van der Waals surface area contributed by atoms with Gasteiger partial charge in [0.05, 0.1) is 27.7 Å². The third-order valence-electron chi connectivity index (χ3n) is 3.95. The number of ether oxygens (including phenoxy) is 1. The van der Waals surface area contributed by atoms with Crippen LogP contribution in [0.15, 0.2) is 78.2 Å². The SMILES string of the molecule is CC(=O)Oc1ccsc1-c1cccc(-c2cccc(-c3ccccc3)n2)n1. The molecule has 0 radical (unpaired) electrons. The van der Waals surface area contributed by atoms with E-state index in [9.17, 15) is 4.79 Å². The molecule has 132 valence electrons. The number of carbonyl (C=O) groups excluding carboxylic acids is 1. The highest BCUT2D eigenvalue weighted by Crippen LogP contribution is 2.35. The molecule has 4 aromatic rings. The second-order valence-electron chi connectivity index (χ2n) is 5.89. The van der Waals surface area contributed by atoms with Crippen LogP contribution in [0.5, 0.6) is 5.75 Å². The average Bonchev–Trinajstić information content (AvgIpc) is 3.16. The minimum absolute atomic E-state index is 0.344. The molecule has 0 fully saturated rings. The lowest BCUT2D eigenvalue weighted by Crippen LogP contribution is -2.01. The van der Waals surface area contributed by atoms with Crippen molar-refractivity contribution in [3.05, 3.63) is 78.2 Å². The van der Waals surface area contributed by atoms with Crippen LogP contribution in [0.25, 0.3) is 33.2 Å². The lowest BCUT2D eigenvalue weighted by Gasteiger charge is -2.07. The molecule has 0 N–H and O–H groups in total. The molecule has 27 heavy (non-hydrogen) atoms. The maximum atomic E-state index is 11.3. The number of pyridine rings is 2. The van der Waals surface area contributed by atoms with Crippen LogP contribution in [0.2, 0.25) is 0 Å². The molecule has 0 spiro atoms. The summed E-state index contributed by atoms with van der Waals surface area (Å²) in [6, 6.07) is 23.5. The first-order valence-corrected chi connectivity index (χ1v) is 9.35. The number of thiophene rings is 1. The number of esters is 1. The lowest BCUT2D eigenvalue weighted by atomic mass is 10.1. The Kier molecular flexibility index (Phi) is 4.77. The van der Waals surface area contributed by atoms with Gasteiger partial charge in [-0.2, -0.15) is 0 Å². The van der Waals surface area contributed by atoms with E-state index in [0.29, 0.717) is 5.75 Å². The molecule has 0 unspecified atom stereocenters. The van der Waals surface area contributed by atoms with Crippen molar-refractivity contribution in [1.29, 1.82) is 0 Å². The maximum absolute atomic E-state index is 11.3. The predicted octanol–water partition coefficient (Wildman–Crippen LogP) is 5.46. The van der Waals surface area contributed by atoms with Gasteiger partial charge >= 0.3 is 5.97 Å². The molecule has 3 heterocycles. The van der Waals surface area contributed by atoms with E-state index < -0.39 is 0 Å². The van der Waals surface area contributed by atoms with Gasteiger partial charge in [0, 0.05) is 12.5 Å². The Morgan fingerprint density at radius 3 is 2.11 bits per heavy atom. The summed E-state index contributed by atoms with van der Waals surface area (Å²) in [4.78, 5) is 21.6. The largest absolute Gasteiger partial charge is 0.425 e. The Bertz CT molecular complexity index is 1090.